The van der Waals surface area contributed by atoms with Crippen LogP contribution in [0.3, 0.4) is 0 Å². The number of hydrogen-bond donors (Lipinski definition) is 3. The van der Waals surface area contributed by atoms with Crippen molar-refractivity contribution in [1.82, 2.24) is 10.6 Å². The molecule has 0 bridgehead atoms. The van der Waals surface area contributed by atoms with E-state index in [-0.39, 0.29) is 5.91 Å². The van der Waals surface area contributed by atoms with Crippen LogP contribution in [0, 0.1) is 0 Å². The van der Waals surface area contributed by atoms with Crippen LogP contribution < -0.4 is 10.6 Å². The number of aliphatic carboxylic acids is 1. The minimum absolute atomic E-state index is 0.309. The zero-order chi connectivity index (χ0) is 13.7. The van der Waals surface area contributed by atoms with Gasteiger partial charge in [-0.15, -0.1) is 0 Å². The average molecular weight is 270 g/mol. The van der Waals surface area contributed by atoms with E-state index < -0.39 is 17.6 Å². The molecule has 1 saturated carbocycles. The Morgan fingerprint density at radius 2 is 1.89 bits per heavy atom. The normalized spacial score (nSPS) is 27.3. The molecule has 0 aromatic heterocycles. The summed E-state index contributed by atoms with van der Waals surface area (Å²) in [6.07, 6.45) is 4.20. The van der Waals surface area contributed by atoms with Crippen LogP contribution >= 0.6 is 0 Å². The van der Waals surface area contributed by atoms with Crippen LogP contribution in [0.1, 0.15) is 38.5 Å². The molecule has 0 aromatic carbocycles. The lowest BCUT2D eigenvalue weighted by molar-refractivity contribution is -0.151. The van der Waals surface area contributed by atoms with Crippen molar-refractivity contribution in [1.29, 1.82) is 0 Å². The second kappa shape index (κ2) is 6.34. The minimum Gasteiger partial charge on any atom is -0.480 e. The molecule has 3 N–H and O–H groups in total. The third-order valence-corrected chi connectivity index (χ3v) is 3.95. The van der Waals surface area contributed by atoms with Crippen molar-refractivity contribution in [3.05, 3.63) is 0 Å². The van der Waals surface area contributed by atoms with Gasteiger partial charge in [0.15, 0.2) is 0 Å². The summed E-state index contributed by atoms with van der Waals surface area (Å²) >= 11 is 0. The summed E-state index contributed by atoms with van der Waals surface area (Å²) in [5.41, 5.74) is -1.10. The Hall–Kier alpha value is -1.14. The van der Waals surface area contributed by atoms with Crippen LogP contribution in [-0.2, 0) is 14.3 Å². The van der Waals surface area contributed by atoms with Crippen molar-refractivity contribution in [2.45, 2.75) is 50.2 Å². The predicted octanol–water partition coefficient (Wildman–Crippen LogP) is 0.269. The Morgan fingerprint density at radius 3 is 2.42 bits per heavy atom. The van der Waals surface area contributed by atoms with Gasteiger partial charge in [-0.3, -0.25) is 4.79 Å². The topological polar surface area (TPSA) is 87.7 Å². The van der Waals surface area contributed by atoms with Gasteiger partial charge >= 0.3 is 5.97 Å². The number of carbonyl (C=O) groups is 2. The van der Waals surface area contributed by atoms with Gasteiger partial charge in [-0.1, -0.05) is 25.7 Å². The molecule has 1 unspecified atom stereocenters. The zero-order valence-corrected chi connectivity index (χ0v) is 11.1. The molecule has 2 rings (SSSR count). The number of ether oxygens (including phenoxy) is 1. The van der Waals surface area contributed by atoms with Gasteiger partial charge in [-0.2, -0.15) is 0 Å². The number of rotatable bonds is 3. The maximum atomic E-state index is 12.1. The molecular formula is C13H22N2O4. The Bertz CT molecular complexity index is 332. The van der Waals surface area contributed by atoms with Crippen LogP contribution in [0.15, 0.2) is 0 Å². The first-order valence-corrected chi connectivity index (χ1v) is 7.02. The predicted molar refractivity (Wildman–Crippen MR) is 68.8 cm³/mol. The Morgan fingerprint density at radius 1 is 1.21 bits per heavy atom. The van der Waals surface area contributed by atoms with E-state index in [1.807, 2.05) is 0 Å². The fourth-order valence-electron chi connectivity index (χ4n) is 2.77. The molecule has 1 aliphatic heterocycles. The van der Waals surface area contributed by atoms with Gasteiger partial charge in [0.2, 0.25) is 0 Å². The Kier molecular flexibility index (Phi) is 4.76. The van der Waals surface area contributed by atoms with Crippen molar-refractivity contribution < 1.29 is 19.4 Å². The van der Waals surface area contributed by atoms with Crippen LogP contribution in [0.25, 0.3) is 0 Å². The molecule has 1 atom stereocenters. The highest BCUT2D eigenvalue weighted by Gasteiger charge is 2.41. The molecule has 0 radical (unpaired) electrons. The van der Waals surface area contributed by atoms with Gasteiger partial charge in [0.1, 0.15) is 11.6 Å². The molecule has 1 amide bonds. The van der Waals surface area contributed by atoms with E-state index in [0.29, 0.717) is 26.0 Å². The molecule has 2 fully saturated rings. The molecule has 0 aromatic rings. The third kappa shape index (κ3) is 3.45. The van der Waals surface area contributed by atoms with E-state index in [4.69, 9.17) is 4.74 Å². The van der Waals surface area contributed by atoms with Gasteiger partial charge in [0.25, 0.3) is 5.91 Å². The third-order valence-electron chi connectivity index (χ3n) is 3.95. The number of carboxylic acid groups (broad SMARTS) is 1. The Labute approximate surface area is 112 Å². The largest absolute Gasteiger partial charge is 0.480 e. The second-order valence-electron chi connectivity index (χ2n) is 5.35. The fraction of sp³-hybridized carbons (Fsp3) is 0.846. The lowest BCUT2D eigenvalue weighted by Gasteiger charge is -2.32. The van der Waals surface area contributed by atoms with E-state index in [2.05, 4.69) is 10.6 Å². The molecule has 1 heterocycles. The highest BCUT2D eigenvalue weighted by molar-refractivity contribution is 5.89. The monoisotopic (exact) mass is 270 g/mol. The highest BCUT2D eigenvalue weighted by atomic mass is 16.5. The number of carboxylic acids is 1. The number of hydrogen-bond acceptors (Lipinski definition) is 4. The van der Waals surface area contributed by atoms with Crippen molar-refractivity contribution >= 4 is 11.9 Å². The first-order valence-electron chi connectivity index (χ1n) is 7.02. The molecular weight excluding hydrogens is 248 g/mol. The quantitative estimate of drug-likeness (QED) is 0.641. The SMILES string of the molecule is O=C(NC1(C(=O)O)CCCCCC1)C1CNCCO1. The molecule has 108 valence electrons. The van der Waals surface area contributed by atoms with Gasteiger partial charge in [0.05, 0.1) is 6.61 Å². The maximum Gasteiger partial charge on any atom is 0.329 e. The first-order chi connectivity index (χ1) is 9.14. The number of carbonyl (C=O) groups excluding carboxylic acids is 1. The standard InChI is InChI=1S/C13H22N2O4/c16-11(10-9-14-7-8-19-10)15-13(12(17)18)5-3-1-2-4-6-13/h10,14H,1-9H2,(H,15,16)(H,17,18). The molecule has 1 aliphatic carbocycles. The summed E-state index contributed by atoms with van der Waals surface area (Å²) in [7, 11) is 0. The summed E-state index contributed by atoms with van der Waals surface area (Å²) in [5.74, 6) is -1.23. The summed E-state index contributed by atoms with van der Waals surface area (Å²) in [5, 5.41) is 15.3. The zero-order valence-electron chi connectivity index (χ0n) is 11.1. The second-order valence-corrected chi connectivity index (χ2v) is 5.35. The van der Waals surface area contributed by atoms with E-state index in [1.54, 1.807) is 0 Å². The molecule has 1 saturated heterocycles. The van der Waals surface area contributed by atoms with Crippen LogP contribution in [-0.4, -0.2) is 48.3 Å². The lowest BCUT2D eigenvalue weighted by Crippen LogP contribution is -2.59. The lowest BCUT2D eigenvalue weighted by atomic mass is 9.90. The van der Waals surface area contributed by atoms with Crippen LogP contribution in [0.5, 0.6) is 0 Å². The van der Waals surface area contributed by atoms with Crippen molar-refractivity contribution in [2.24, 2.45) is 0 Å². The van der Waals surface area contributed by atoms with Gasteiger partial charge in [0, 0.05) is 13.1 Å². The average Bonchev–Trinajstić information content (AvgIpc) is 2.66. The van der Waals surface area contributed by atoms with E-state index in [0.717, 1.165) is 32.2 Å². The number of amides is 1. The van der Waals surface area contributed by atoms with E-state index >= 15 is 0 Å². The molecule has 19 heavy (non-hydrogen) atoms. The Balaban J connectivity index is 2.02. The minimum atomic E-state index is -1.10. The van der Waals surface area contributed by atoms with Gasteiger partial charge in [-0.25, -0.2) is 4.79 Å². The fourth-order valence-corrected chi connectivity index (χ4v) is 2.77. The van der Waals surface area contributed by atoms with E-state index in [9.17, 15) is 14.7 Å². The highest BCUT2D eigenvalue weighted by Crippen LogP contribution is 2.27. The smallest absolute Gasteiger partial charge is 0.329 e. The van der Waals surface area contributed by atoms with Crippen molar-refractivity contribution in [3.63, 3.8) is 0 Å². The van der Waals surface area contributed by atoms with Crippen LogP contribution in [0.2, 0.25) is 0 Å². The maximum absolute atomic E-state index is 12.1. The van der Waals surface area contributed by atoms with Crippen molar-refractivity contribution in [2.75, 3.05) is 19.7 Å². The molecule has 2 aliphatic rings. The number of nitrogens with one attached hydrogen (secondary N) is 2. The molecule has 6 nitrogen and oxygen atoms in total. The van der Waals surface area contributed by atoms with Gasteiger partial charge < -0.3 is 20.5 Å². The summed E-state index contributed by atoms with van der Waals surface area (Å²) in [4.78, 5) is 23.7. The summed E-state index contributed by atoms with van der Waals surface area (Å²) in [6.45, 7) is 1.66. The summed E-state index contributed by atoms with van der Waals surface area (Å²) in [6, 6.07) is 0. The van der Waals surface area contributed by atoms with E-state index in [1.165, 1.54) is 0 Å². The van der Waals surface area contributed by atoms with Gasteiger partial charge in [-0.05, 0) is 12.8 Å². The molecule has 0 spiro atoms. The first kappa shape index (κ1) is 14.3. The van der Waals surface area contributed by atoms with Crippen molar-refractivity contribution in [3.8, 4) is 0 Å². The number of morpholine rings is 1. The summed E-state index contributed by atoms with van der Waals surface area (Å²) < 4.78 is 5.37. The molecule has 6 heteroatoms. The van der Waals surface area contributed by atoms with Crippen LogP contribution in [0.4, 0.5) is 0 Å².